The molecule has 0 unspecified atom stereocenters. The summed E-state index contributed by atoms with van der Waals surface area (Å²) in [7, 11) is 0. The van der Waals surface area contributed by atoms with Crippen LogP contribution in [0.25, 0.3) is 11.0 Å². The summed E-state index contributed by atoms with van der Waals surface area (Å²) in [4.78, 5) is 20.0. The van der Waals surface area contributed by atoms with E-state index in [0.29, 0.717) is 34.4 Å². The number of carbonyl (C=O) groups excluding carboxylic acids is 1. The molecular formula is C19H19ClN4O2. The van der Waals surface area contributed by atoms with E-state index in [1.807, 2.05) is 12.1 Å². The summed E-state index contributed by atoms with van der Waals surface area (Å²) in [5.41, 5.74) is 8.27. The number of H-pyrrole nitrogens is 1. The van der Waals surface area contributed by atoms with Gasteiger partial charge in [-0.3, -0.25) is 4.79 Å². The van der Waals surface area contributed by atoms with Gasteiger partial charge in [0.15, 0.2) is 0 Å². The summed E-state index contributed by atoms with van der Waals surface area (Å²) >= 11 is 6.28. The van der Waals surface area contributed by atoms with Crippen molar-refractivity contribution in [3.63, 3.8) is 0 Å². The number of halogens is 1. The minimum Gasteiger partial charge on any atom is -0.490 e. The number of nitrogens with zero attached hydrogens (tertiary/aromatic N) is 1. The van der Waals surface area contributed by atoms with E-state index in [1.165, 1.54) is 6.42 Å². The molecule has 1 amide bonds. The van der Waals surface area contributed by atoms with Gasteiger partial charge in [0.05, 0.1) is 34.3 Å². The lowest BCUT2D eigenvalue weighted by atomic mass is 9.96. The van der Waals surface area contributed by atoms with Crippen LogP contribution in [-0.2, 0) is 6.54 Å². The number of benzene rings is 2. The second-order valence-electron chi connectivity index (χ2n) is 6.39. The Labute approximate surface area is 155 Å². The Morgan fingerprint density at radius 2 is 2.15 bits per heavy atom. The molecule has 2 aromatic carbocycles. The lowest BCUT2D eigenvalue weighted by molar-refractivity contribution is 0.102. The van der Waals surface area contributed by atoms with Crippen molar-refractivity contribution in [2.24, 2.45) is 5.73 Å². The number of amides is 1. The number of aromatic amines is 1. The number of rotatable bonds is 5. The Morgan fingerprint density at radius 3 is 2.85 bits per heavy atom. The molecule has 0 aliphatic heterocycles. The first-order chi connectivity index (χ1) is 12.6. The number of nitrogens with two attached hydrogens (primary N) is 1. The normalized spacial score (nSPS) is 14.2. The molecule has 4 rings (SSSR count). The highest BCUT2D eigenvalue weighted by molar-refractivity contribution is 6.34. The van der Waals surface area contributed by atoms with Gasteiger partial charge in [0.1, 0.15) is 11.6 Å². The molecule has 1 aliphatic rings. The van der Waals surface area contributed by atoms with Crippen LogP contribution >= 0.6 is 11.6 Å². The minimum absolute atomic E-state index is 0.269. The third-order valence-corrected chi connectivity index (χ3v) is 4.83. The number of ether oxygens (including phenoxy) is 1. The number of carbonyl (C=O) groups is 1. The maximum atomic E-state index is 12.6. The summed E-state index contributed by atoms with van der Waals surface area (Å²) < 4.78 is 5.81. The van der Waals surface area contributed by atoms with Gasteiger partial charge in [0.2, 0.25) is 0 Å². The monoisotopic (exact) mass is 370 g/mol. The van der Waals surface area contributed by atoms with Gasteiger partial charge in [-0.2, -0.15) is 0 Å². The quantitative estimate of drug-likeness (QED) is 0.635. The zero-order valence-corrected chi connectivity index (χ0v) is 14.8. The van der Waals surface area contributed by atoms with E-state index in [0.717, 1.165) is 23.9 Å². The third-order valence-electron chi connectivity index (χ3n) is 4.52. The number of nitrogens with one attached hydrogen (secondary N) is 2. The van der Waals surface area contributed by atoms with E-state index in [9.17, 15) is 4.79 Å². The Kier molecular flexibility index (Phi) is 4.53. The first-order valence-corrected chi connectivity index (χ1v) is 8.96. The highest BCUT2D eigenvalue weighted by Crippen LogP contribution is 2.29. The van der Waals surface area contributed by atoms with Crippen LogP contribution in [0.5, 0.6) is 5.75 Å². The molecule has 0 radical (unpaired) electrons. The molecule has 1 aromatic heterocycles. The minimum atomic E-state index is -0.275. The van der Waals surface area contributed by atoms with Crippen molar-refractivity contribution in [1.82, 2.24) is 9.97 Å². The lowest BCUT2D eigenvalue weighted by Gasteiger charge is -2.26. The van der Waals surface area contributed by atoms with E-state index in [1.54, 1.807) is 24.3 Å². The third kappa shape index (κ3) is 3.38. The van der Waals surface area contributed by atoms with Crippen LogP contribution in [0.15, 0.2) is 36.4 Å². The Bertz CT molecular complexity index is 965. The molecule has 26 heavy (non-hydrogen) atoms. The molecule has 0 atom stereocenters. The summed E-state index contributed by atoms with van der Waals surface area (Å²) in [6.45, 7) is 0.335. The van der Waals surface area contributed by atoms with Gasteiger partial charge in [-0.25, -0.2) is 4.98 Å². The fourth-order valence-corrected chi connectivity index (χ4v) is 3.13. The highest BCUT2D eigenvalue weighted by atomic mass is 35.5. The summed E-state index contributed by atoms with van der Waals surface area (Å²) in [6, 6.07) is 10.6. The van der Waals surface area contributed by atoms with Crippen molar-refractivity contribution in [1.29, 1.82) is 0 Å². The van der Waals surface area contributed by atoms with Crippen molar-refractivity contribution in [2.45, 2.75) is 31.9 Å². The molecule has 6 nitrogen and oxygen atoms in total. The molecule has 7 heteroatoms. The maximum absolute atomic E-state index is 12.6. The van der Waals surface area contributed by atoms with Crippen LogP contribution in [0.2, 0.25) is 5.02 Å². The Balaban J connectivity index is 1.50. The van der Waals surface area contributed by atoms with Crippen molar-refractivity contribution in [3.05, 3.63) is 52.8 Å². The summed E-state index contributed by atoms with van der Waals surface area (Å²) in [5.74, 6) is 1.13. The zero-order valence-electron chi connectivity index (χ0n) is 14.1. The average molecular weight is 371 g/mol. The Hall–Kier alpha value is -2.57. The number of fused-ring (bicyclic) bond motifs is 1. The van der Waals surface area contributed by atoms with Gasteiger partial charge in [-0.05, 0) is 55.7 Å². The van der Waals surface area contributed by atoms with Crippen molar-refractivity contribution < 1.29 is 9.53 Å². The first-order valence-electron chi connectivity index (χ1n) is 8.58. The van der Waals surface area contributed by atoms with Crippen molar-refractivity contribution >= 4 is 34.2 Å². The lowest BCUT2D eigenvalue weighted by Crippen LogP contribution is -2.24. The average Bonchev–Trinajstić information content (AvgIpc) is 3.00. The van der Waals surface area contributed by atoms with Crippen LogP contribution in [0.3, 0.4) is 0 Å². The molecule has 1 heterocycles. The first kappa shape index (κ1) is 16.9. The highest BCUT2D eigenvalue weighted by Gasteiger charge is 2.20. The standard InChI is InChI=1S/C19H19ClN4O2/c20-15-9-13(26-12-2-1-3-12)5-6-14(15)19(25)22-11-4-7-16-17(8-11)24-18(10-21)23-16/h4-9,12H,1-3,10,21H2,(H,22,25)(H,23,24). The molecule has 0 saturated heterocycles. The largest absolute Gasteiger partial charge is 0.490 e. The molecule has 0 spiro atoms. The van der Waals surface area contributed by atoms with Crippen LogP contribution < -0.4 is 15.8 Å². The number of aromatic nitrogens is 2. The van der Waals surface area contributed by atoms with Gasteiger partial charge in [0.25, 0.3) is 5.91 Å². The molecule has 3 aromatic rings. The number of hydrogen-bond donors (Lipinski definition) is 3. The van der Waals surface area contributed by atoms with Crippen LogP contribution in [0, 0.1) is 0 Å². The molecule has 4 N–H and O–H groups in total. The molecule has 1 aliphatic carbocycles. The van der Waals surface area contributed by atoms with Crippen molar-refractivity contribution in [3.8, 4) is 5.75 Å². The van der Waals surface area contributed by atoms with E-state index >= 15 is 0 Å². The maximum Gasteiger partial charge on any atom is 0.257 e. The van der Waals surface area contributed by atoms with Crippen LogP contribution in [0.4, 0.5) is 5.69 Å². The summed E-state index contributed by atoms with van der Waals surface area (Å²) in [6.07, 6.45) is 3.61. The van der Waals surface area contributed by atoms with Gasteiger partial charge >= 0.3 is 0 Å². The Morgan fingerprint density at radius 1 is 1.31 bits per heavy atom. The van der Waals surface area contributed by atoms with Gasteiger partial charge in [0, 0.05) is 5.69 Å². The predicted octanol–water partition coefficient (Wildman–Crippen LogP) is 3.86. The van der Waals surface area contributed by atoms with Crippen molar-refractivity contribution in [2.75, 3.05) is 5.32 Å². The number of anilines is 1. The van der Waals surface area contributed by atoms with E-state index in [-0.39, 0.29) is 12.0 Å². The molecule has 1 fully saturated rings. The molecular weight excluding hydrogens is 352 g/mol. The number of imidazole rings is 1. The molecule has 134 valence electrons. The zero-order chi connectivity index (χ0) is 18.1. The van der Waals surface area contributed by atoms with Gasteiger partial charge in [-0.1, -0.05) is 11.6 Å². The van der Waals surface area contributed by atoms with E-state index < -0.39 is 0 Å². The number of hydrogen-bond acceptors (Lipinski definition) is 4. The summed E-state index contributed by atoms with van der Waals surface area (Å²) in [5, 5.41) is 3.23. The van der Waals surface area contributed by atoms with E-state index in [2.05, 4.69) is 15.3 Å². The van der Waals surface area contributed by atoms with Crippen LogP contribution in [0.1, 0.15) is 35.4 Å². The fraction of sp³-hybridized carbons (Fsp3) is 0.263. The molecule has 1 saturated carbocycles. The second-order valence-corrected chi connectivity index (χ2v) is 6.79. The van der Waals surface area contributed by atoms with Gasteiger partial charge in [-0.15, -0.1) is 0 Å². The molecule has 0 bridgehead atoms. The predicted molar refractivity (Wildman–Crippen MR) is 102 cm³/mol. The van der Waals surface area contributed by atoms with Gasteiger partial charge < -0.3 is 20.8 Å². The fourth-order valence-electron chi connectivity index (χ4n) is 2.87. The van der Waals surface area contributed by atoms with E-state index in [4.69, 9.17) is 22.1 Å². The second kappa shape index (κ2) is 6.97. The smallest absolute Gasteiger partial charge is 0.257 e. The SMILES string of the molecule is NCc1nc2ccc(NC(=O)c3ccc(OC4CCC4)cc3Cl)cc2[nH]1. The topological polar surface area (TPSA) is 93.0 Å². The van der Waals surface area contributed by atoms with Crippen LogP contribution in [-0.4, -0.2) is 22.0 Å².